The van der Waals surface area contributed by atoms with Gasteiger partial charge in [0.1, 0.15) is 0 Å². The number of carbonyl (C=O) groups excluding carboxylic acids is 1. The van der Waals surface area contributed by atoms with Gasteiger partial charge in [0.05, 0.1) is 18.1 Å². The van der Waals surface area contributed by atoms with Crippen LogP contribution >= 0.6 is 0 Å². The van der Waals surface area contributed by atoms with E-state index in [1.54, 1.807) is 12.1 Å². The summed E-state index contributed by atoms with van der Waals surface area (Å²) < 4.78 is 1.82. The Labute approximate surface area is 115 Å². The molecule has 0 bridgehead atoms. The molecule has 0 aliphatic heterocycles. The standard InChI is InChI=1S/C14H17N3O3/c1-20-16-13(18)9-6-7-12-11(8-9)15-14(19)17(12)10-4-2-3-5-10/h6-8,10H,2-5H2,1H3,(H,15,19)(H,16,18). The Morgan fingerprint density at radius 2 is 2.15 bits per heavy atom. The van der Waals surface area contributed by atoms with Crippen LogP contribution in [0.2, 0.25) is 0 Å². The van der Waals surface area contributed by atoms with E-state index in [2.05, 4.69) is 15.3 Å². The van der Waals surface area contributed by atoms with Gasteiger partial charge in [0.15, 0.2) is 0 Å². The van der Waals surface area contributed by atoms with Crippen LogP contribution in [-0.4, -0.2) is 22.6 Å². The molecule has 1 heterocycles. The first-order chi connectivity index (χ1) is 9.70. The van der Waals surface area contributed by atoms with E-state index in [1.165, 1.54) is 7.11 Å². The zero-order chi connectivity index (χ0) is 14.1. The van der Waals surface area contributed by atoms with Crippen LogP contribution in [0.3, 0.4) is 0 Å². The maximum absolute atomic E-state index is 12.1. The van der Waals surface area contributed by atoms with Gasteiger partial charge in [-0.1, -0.05) is 12.8 Å². The number of hydroxylamine groups is 1. The molecule has 0 atom stereocenters. The van der Waals surface area contributed by atoms with Gasteiger partial charge in [0.2, 0.25) is 0 Å². The van der Waals surface area contributed by atoms with E-state index < -0.39 is 0 Å². The number of nitrogens with one attached hydrogen (secondary N) is 2. The Balaban J connectivity index is 2.04. The van der Waals surface area contributed by atoms with Crippen molar-refractivity contribution in [1.82, 2.24) is 15.0 Å². The number of fused-ring (bicyclic) bond motifs is 1. The summed E-state index contributed by atoms with van der Waals surface area (Å²) in [7, 11) is 1.38. The first-order valence-electron chi connectivity index (χ1n) is 6.78. The van der Waals surface area contributed by atoms with Gasteiger partial charge >= 0.3 is 5.69 Å². The molecule has 1 fully saturated rings. The highest BCUT2D eigenvalue weighted by atomic mass is 16.6. The first-order valence-corrected chi connectivity index (χ1v) is 6.78. The van der Waals surface area contributed by atoms with E-state index in [9.17, 15) is 9.59 Å². The van der Waals surface area contributed by atoms with Crippen LogP contribution in [0.4, 0.5) is 0 Å². The second-order valence-corrected chi connectivity index (χ2v) is 5.11. The Morgan fingerprint density at radius 1 is 1.40 bits per heavy atom. The van der Waals surface area contributed by atoms with Crippen molar-refractivity contribution >= 4 is 16.9 Å². The third-order valence-corrected chi connectivity index (χ3v) is 3.86. The minimum atomic E-state index is -0.330. The molecule has 1 amide bonds. The van der Waals surface area contributed by atoms with Crippen LogP contribution in [0.25, 0.3) is 11.0 Å². The van der Waals surface area contributed by atoms with Crippen LogP contribution in [0, 0.1) is 0 Å². The van der Waals surface area contributed by atoms with E-state index in [4.69, 9.17) is 0 Å². The molecule has 2 aromatic rings. The molecule has 1 aromatic carbocycles. The monoisotopic (exact) mass is 275 g/mol. The van der Waals surface area contributed by atoms with Crippen molar-refractivity contribution in [3.63, 3.8) is 0 Å². The summed E-state index contributed by atoms with van der Waals surface area (Å²) in [5.41, 5.74) is 4.17. The lowest BCUT2D eigenvalue weighted by Gasteiger charge is -2.11. The molecule has 106 valence electrons. The van der Waals surface area contributed by atoms with Crippen molar-refractivity contribution in [2.24, 2.45) is 0 Å². The molecule has 1 saturated carbocycles. The molecule has 0 saturated heterocycles. The van der Waals surface area contributed by atoms with E-state index in [1.807, 2.05) is 10.6 Å². The number of amides is 1. The molecule has 3 rings (SSSR count). The van der Waals surface area contributed by atoms with E-state index in [-0.39, 0.29) is 17.6 Å². The number of benzene rings is 1. The fourth-order valence-electron chi connectivity index (χ4n) is 2.95. The Morgan fingerprint density at radius 3 is 2.85 bits per heavy atom. The Bertz CT molecular complexity index is 695. The molecule has 1 aromatic heterocycles. The van der Waals surface area contributed by atoms with Gasteiger partial charge in [-0.2, -0.15) is 0 Å². The highest BCUT2D eigenvalue weighted by Gasteiger charge is 2.21. The lowest BCUT2D eigenvalue weighted by Crippen LogP contribution is -2.21. The number of hydrogen-bond donors (Lipinski definition) is 2. The van der Waals surface area contributed by atoms with Crippen LogP contribution in [0.15, 0.2) is 23.0 Å². The summed E-state index contributed by atoms with van der Waals surface area (Å²) in [5, 5.41) is 0. The van der Waals surface area contributed by atoms with Gasteiger partial charge < -0.3 is 4.98 Å². The maximum Gasteiger partial charge on any atom is 0.326 e. The predicted octanol–water partition coefficient (Wildman–Crippen LogP) is 1.74. The molecular formula is C14H17N3O3. The van der Waals surface area contributed by atoms with Crippen LogP contribution < -0.4 is 11.2 Å². The minimum absolute atomic E-state index is 0.101. The van der Waals surface area contributed by atoms with Gasteiger partial charge in [0.25, 0.3) is 5.91 Å². The molecule has 20 heavy (non-hydrogen) atoms. The average Bonchev–Trinajstić information content (AvgIpc) is 3.04. The number of hydrogen-bond acceptors (Lipinski definition) is 3. The number of rotatable bonds is 3. The minimum Gasteiger partial charge on any atom is -0.306 e. The summed E-state index contributed by atoms with van der Waals surface area (Å²) in [6.45, 7) is 0. The van der Waals surface area contributed by atoms with Gasteiger partial charge in [0, 0.05) is 11.6 Å². The molecule has 2 N–H and O–H groups in total. The second-order valence-electron chi connectivity index (χ2n) is 5.11. The molecule has 1 aliphatic rings. The lowest BCUT2D eigenvalue weighted by molar-refractivity contribution is 0.0538. The maximum atomic E-state index is 12.1. The summed E-state index contributed by atoms with van der Waals surface area (Å²) >= 11 is 0. The normalized spacial score (nSPS) is 15.8. The molecule has 1 aliphatic carbocycles. The van der Waals surface area contributed by atoms with Crippen LogP contribution in [0.5, 0.6) is 0 Å². The quantitative estimate of drug-likeness (QED) is 0.838. The Kier molecular flexibility index (Phi) is 3.31. The topological polar surface area (TPSA) is 76.1 Å². The fraction of sp³-hybridized carbons (Fsp3) is 0.429. The van der Waals surface area contributed by atoms with Crippen molar-refractivity contribution in [3.8, 4) is 0 Å². The average molecular weight is 275 g/mol. The van der Waals surface area contributed by atoms with Crippen molar-refractivity contribution in [1.29, 1.82) is 0 Å². The van der Waals surface area contributed by atoms with E-state index in [0.29, 0.717) is 11.1 Å². The Hall–Kier alpha value is -2.08. The summed E-state index contributed by atoms with van der Waals surface area (Å²) in [5.74, 6) is -0.330. The van der Waals surface area contributed by atoms with Gasteiger partial charge in [-0.3, -0.25) is 14.2 Å². The van der Waals surface area contributed by atoms with Gasteiger partial charge in [-0.05, 0) is 31.0 Å². The summed E-state index contributed by atoms with van der Waals surface area (Å²) in [4.78, 5) is 31.2. The zero-order valence-electron chi connectivity index (χ0n) is 11.3. The van der Waals surface area contributed by atoms with Crippen molar-refractivity contribution in [3.05, 3.63) is 34.2 Å². The number of H-pyrrole nitrogens is 1. The molecular weight excluding hydrogens is 258 g/mol. The molecule has 0 unspecified atom stereocenters. The fourth-order valence-corrected chi connectivity index (χ4v) is 2.95. The SMILES string of the molecule is CONC(=O)c1ccc2c(c1)[nH]c(=O)n2C1CCCC1. The third kappa shape index (κ3) is 2.12. The summed E-state index contributed by atoms with van der Waals surface area (Å²) in [6.07, 6.45) is 4.41. The van der Waals surface area contributed by atoms with Gasteiger partial charge in [-0.15, -0.1) is 0 Å². The predicted molar refractivity (Wildman–Crippen MR) is 74.5 cm³/mol. The smallest absolute Gasteiger partial charge is 0.306 e. The van der Waals surface area contributed by atoms with Crippen molar-refractivity contribution in [2.45, 2.75) is 31.7 Å². The highest BCUT2D eigenvalue weighted by molar-refractivity contribution is 5.96. The van der Waals surface area contributed by atoms with E-state index >= 15 is 0 Å². The molecule has 0 radical (unpaired) electrons. The van der Waals surface area contributed by atoms with Gasteiger partial charge in [-0.25, -0.2) is 10.3 Å². The zero-order valence-corrected chi connectivity index (χ0v) is 11.3. The number of carbonyl (C=O) groups is 1. The number of imidazole rings is 1. The third-order valence-electron chi connectivity index (χ3n) is 3.86. The molecule has 6 nitrogen and oxygen atoms in total. The van der Waals surface area contributed by atoms with Crippen LogP contribution in [-0.2, 0) is 4.84 Å². The van der Waals surface area contributed by atoms with Crippen molar-refractivity contribution in [2.75, 3.05) is 7.11 Å². The first kappa shape index (κ1) is 12.9. The van der Waals surface area contributed by atoms with E-state index in [0.717, 1.165) is 31.2 Å². The number of aromatic amines is 1. The largest absolute Gasteiger partial charge is 0.326 e. The molecule has 6 heteroatoms. The highest BCUT2D eigenvalue weighted by Crippen LogP contribution is 2.30. The second kappa shape index (κ2) is 5.13. The summed E-state index contributed by atoms with van der Waals surface area (Å²) in [6, 6.07) is 5.47. The van der Waals surface area contributed by atoms with Crippen molar-refractivity contribution < 1.29 is 9.63 Å². The number of aromatic nitrogens is 2. The van der Waals surface area contributed by atoms with Crippen LogP contribution in [0.1, 0.15) is 42.1 Å². The number of nitrogens with zero attached hydrogens (tertiary/aromatic N) is 1. The lowest BCUT2D eigenvalue weighted by atomic mass is 10.1. The molecule has 0 spiro atoms.